The first-order valence-electron chi connectivity index (χ1n) is 13.5. The van der Waals surface area contributed by atoms with E-state index in [2.05, 4.69) is 24.8 Å². The van der Waals surface area contributed by atoms with E-state index in [9.17, 15) is 9.59 Å². The molecule has 0 amide bonds. The lowest BCUT2D eigenvalue weighted by atomic mass is 9.89. The summed E-state index contributed by atoms with van der Waals surface area (Å²) < 4.78 is 7.03. The first-order chi connectivity index (χ1) is 18.6. The molecule has 1 aliphatic rings. The number of carbonyl (C=O) groups excluding carboxylic acids is 1. The second kappa shape index (κ2) is 10.2. The molecule has 0 aliphatic carbocycles. The summed E-state index contributed by atoms with van der Waals surface area (Å²) in [7, 11) is 0. The van der Waals surface area contributed by atoms with Gasteiger partial charge in [-0.1, -0.05) is 49.7 Å². The van der Waals surface area contributed by atoms with Gasteiger partial charge in [-0.25, -0.2) is 9.78 Å². The SMILES string of the molecule is CCCCC(=O)c1ccccc1-c1c(-c2nc3ccccc3s2)c(=O)oc2cc3c(cc12)CCCN3CC. The Kier molecular flexibility index (Phi) is 6.58. The molecule has 0 saturated carbocycles. The van der Waals surface area contributed by atoms with Gasteiger partial charge in [0.05, 0.1) is 10.2 Å². The molecule has 0 N–H and O–H groups in total. The third-order valence-electron chi connectivity index (χ3n) is 7.47. The molecule has 0 spiro atoms. The highest BCUT2D eigenvalue weighted by Crippen LogP contribution is 2.42. The quantitative estimate of drug-likeness (QED) is 0.161. The van der Waals surface area contributed by atoms with Gasteiger partial charge in [-0.2, -0.15) is 0 Å². The first-order valence-corrected chi connectivity index (χ1v) is 14.3. The van der Waals surface area contributed by atoms with Crippen LogP contribution in [0.5, 0.6) is 0 Å². The van der Waals surface area contributed by atoms with Crippen LogP contribution in [-0.4, -0.2) is 23.9 Å². The van der Waals surface area contributed by atoms with Crippen molar-refractivity contribution in [2.75, 3.05) is 18.0 Å². The molecule has 5 nitrogen and oxygen atoms in total. The molecule has 3 heterocycles. The number of unbranched alkanes of at least 4 members (excludes halogenated alkanes) is 1. The fourth-order valence-electron chi connectivity index (χ4n) is 5.55. The largest absolute Gasteiger partial charge is 0.422 e. The number of para-hydroxylation sites is 1. The summed E-state index contributed by atoms with van der Waals surface area (Å²) in [5, 5.41) is 1.46. The van der Waals surface area contributed by atoms with Gasteiger partial charge < -0.3 is 9.32 Å². The van der Waals surface area contributed by atoms with Gasteiger partial charge in [-0.15, -0.1) is 11.3 Å². The standard InChI is InChI=1S/C32H30N2O3S/c1-3-5-15-26(35)21-12-6-7-13-22(21)29-23-18-20-11-10-17-34(4-2)25(20)19-27(23)37-32(36)30(29)31-33-24-14-8-9-16-28(24)38-31/h6-9,12-14,16,18-19H,3-5,10-11,15,17H2,1-2H3. The van der Waals surface area contributed by atoms with Crippen molar-refractivity contribution in [1.82, 2.24) is 4.98 Å². The van der Waals surface area contributed by atoms with Crippen LogP contribution in [-0.2, 0) is 6.42 Å². The zero-order valence-corrected chi connectivity index (χ0v) is 22.6. The van der Waals surface area contributed by atoms with Crippen molar-refractivity contribution >= 4 is 44.0 Å². The highest BCUT2D eigenvalue weighted by molar-refractivity contribution is 7.21. The van der Waals surface area contributed by atoms with Gasteiger partial charge >= 0.3 is 5.63 Å². The number of Topliss-reactive ketones (excluding diaryl/α,β-unsaturated/α-hetero) is 1. The van der Waals surface area contributed by atoms with Crippen molar-refractivity contribution in [1.29, 1.82) is 0 Å². The monoisotopic (exact) mass is 522 g/mol. The molecule has 6 rings (SSSR count). The van der Waals surface area contributed by atoms with Crippen LogP contribution in [0.4, 0.5) is 5.69 Å². The zero-order valence-electron chi connectivity index (χ0n) is 21.8. The van der Waals surface area contributed by atoms with Crippen LogP contribution in [0.25, 0.3) is 42.9 Å². The fraction of sp³-hybridized carbons (Fsp3) is 0.281. The number of ketones is 1. The highest BCUT2D eigenvalue weighted by atomic mass is 32.1. The number of benzene rings is 3. The number of thiazole rings is 1. The normalized spacial score (nSPS) is 13.3. The lowest BCUT2D eigenvalue weighted by Gasteiger charge is -2.30. The Bertz CT molecular complexity index is 1700. The van der Waals surface area contributed by atoms with E-state index in [1.54, 1.807) is 0 Å². The van der Waals surface area contributed by atoms with E-state index in [1.807, 2.05) is 54.6 Å². The van der Waals surface area contributed by atoms with Crippen LogP contribution in [0, 0.1) is 0 Å². The van der Waals surface area contributed by atoms with Gasteiger partial charge in [0.2, 0.25) is 0 Å². The molecule has 38 heavy (non-hydrogen) atoms. The smallest absolute Gasteiger partial charge is 0.347 e. The van der Waals surface area contributed by atoms with E-state index >= 15 is 0 Å². The number of hydrogen-bond acceptors (Lipinski definition) is 6. The lowest BCUT2D eigenvalue weighted by Crippen LogP contribution is -2.28. The number of hydrogen-bond donors (Lipinski definition) is 0. The molecule has 2 aromatic heterocycles. The number of anilines is 1. The van der Waals surface area contributed by atoms with Crippen LogP contribution < -0.4 is 10.5 Å². The molecule has 0 bridgehead atoms. The van der Waals surface area contributed by atoms with Gasteiger partial charge in [0.25, 0.3) is 0 Å². The second-order valence-electron chi connectivity index (χ2n) is 9.86. The minimum atomic E-state index is -0.429. The van der Waals surface area contributed by atoms with Crippen LogP contribution >= 0.6 is 11.3 Å². The molecule has 0 atom stereocenters. The molecule has 192 valence electrons. The van der Waals surface area contributed by atoms with Gasteiger partial charge in [-0.3, -0.25) is 4.79 Å². The van der Waals surface area contributed by atoms with Crippen molar-refractivity contribution in [3.63, 3.8) is 0 Å². The Labute approximate surface area is 225 Å². The fourth-order valence-corrected chi connectivity index (χ4v) is 6.56. The first kappa shape index (κ1) is 24.6. The maximum atomic E-state index is 13.8. The van der Waals surface area contributed by atoms with E-state index in [4.69, 9.17) is 9.40 Å². The van der Waals surface area contributed by atoms with E-state index in [0.717, 1.165) is 71.2 Å². The summed E-state index contributed by atoms with van der Waals surface area (Å²) in [5.74, 6) is 0.0919. The molecule has 1 aliphatic heterocycles. The van der Waals surface area contributed by atoms with Crippen LogP contribution in [0.3, 0.4) is 0 Å². The molecule has 3 aromatic carbocycles. The average Bonchev–Trinajstić information content (AvgIpc) is 3.37. The predicted octanol–water partition coefficient (Wildman–Crippen LogP) is 7.88. The average molecular weight is 523 g/mol. The Balaban J connectivity index is 1.69. The number of carbonyl (C=O) groups is 1. The summed E-state index contributed by atoms with van der Waals surface area (Å²) in [6.07, 6.45) is 4.30. The molecular weight excluding hydrogens is 492 g/mol. The molecule has 0 unspecified atom stereocenters. The Morgan fingerprint density at radius 2 is 1.87 bits per heavy atom. The topological polar surface area (TPSA) is 63.4 Å². The van der Waals surface area contributed by atoms with E-state index < -0.39 is 5.63 Å². The maximum absolute atomic E-state index is 13.8. The summed E-state index contributed by atoms with van der Waals surface area (Å²) >= 11 is 1.48. The summed E-state index contributed by atoms with van der Waals surface area (Å²) in [6, 6.07) is 19.8. The summed E-state index contributed by atoms with van der Waals surface area (Å²) in [6.45, 7) is 6.12. The van der Waals surface area contributed by atoms with E-state index in [-0.39, 0.29) is 5.78 Å². The van der Waals surface area contributed by atoms with Crippen LogP contribution in [0.15, 0.2) is 69.9 Å². The summed E-state index contributed by atoms with van der Waals surface area (Å²) in [4.78, 5) is 34.4. The van der Waals surface area contributed by atoms with Crippen LogP contribution in [0.2, 0.25) is 0 Å². The van der Waals surface area contributed by atoms with Crippen LogP contribution in [0.1, 0.15) is 55.5 Å². The number of aryl methyl sites for hydroxylation is 1. The van der Waals surface area contributed by atoms with Gasteiger partial charge in [0.15, 0.2) is 5.78 Å². The van der Waals surface area contributed by atoms with Gasteiger partial charge in [0.1, 0.15) is 16.2 Å². The predicted molar refractivity (Wildman–Crippen MR) is 157 cm³/mol. The molecule has 0 saturated heterocycles. The third-order valence-corrected chi connectivity index (χ3v) is 8.52. The molecular formula is C32H30N2O3S. The number of aromatic nitrogens is 1. The maximum Gasteiger partial charge on any atom is 0.347 e. The zero-order chi connectivity index (χ0) is 26.2. The minimum Gasteiger partial charge on any atom is -0.422 e. The highest BCUT2D eigenvalue weighted by Gasteiger charge is 2.26. The number of fused-ring (bicyclic) bond motifs is 3. The van der Waals surface area contributed by atoms with Gasteiger partial charge in [-0.05, 0) is 55.5 Å². The molecule has 0 radical (unpaired) electrons. The van der Waals surface area contributed by atoms with Crippen molar-refractivity contribution < 1.29 is 9.21 Å². The Morgan fingerprint density at radius 3 is 2.68 bits per heavy atom. The summed E-state index contributed by atoms with van der Waals surface area (Å²) in [5.41, 5.74) is 5.91. The van der Waals surface area contributed by atoms with Crippen molar-refractivity contribution in [2.45, 2.75) is 46.0 Å². The second-order valence-corrected chi connectivity index (χ2v) is 10.9. The van der Waals surface area contributed by atoms with Crippen molar-refractivity contribution in [3.05, 3.63) is 82.2 Å². The van der Waals surface area contributed by atoms with Crippen molar-refractivity contribution in [2.24, 2.45) is 0 Å². The number of rotatable bonds is 7. The minimum absolute atomic E-state index is 0.0919. The Morgan fingerprint density at radius 1 is 1.05 bits per heavy atom. The molecule has 6 heteroatoms. The molecule has 0 fully saturated rings. The number of nitrogens with zero attached hydrogens (tertiary/aromatic N) is 2. The Hall–Kier alpha value is -3.77. The third kappa shape index (κ3) is 4.23. The van der Waals surface area contributed by atoms with E-state index in [1.165, 1.54) is 16.9 Å². The van der Waals surface area contributed by atoms with E-state index in [0.29, 0.717) is 28.1 Å². The molecule has 5 aromatic rings. The van der Waals surface area contributed by atoms with Gasteiger partial charge in [0, 0.05) is 47.8 Å². The van der Waals surface area contributed by atoms with Crippen molar-refractivity contribution in [3.8, 4) is 21.7 Å². The lowest BCUT2D eigenvalue weighted by molar-refractivity contribution is 0.0980.